The number of ketones is 1. The number of carbonyl (C=O) groups excluding carboxylic acids is 1. The number of carbonyl (C=O) groups is 1. The van der Waals surface area contributed by atoms with E-state index in [-0.39, 0.29) is 6.10 Å². The molecule has 2 heteroatoms. The lowest BCUT2D eigenvalue weighted by atomic mass is 9.85. The summed E-state index contributed by atoms with van der Waals surface area (Å²) in [6.07, 6.45) is 5.69. The summed E-state index contributed by atoms with van der Waals surface area (Å²) < 4.78 is 0. The molecule has 0 aliphatic heterocycles. The highest BCUT2D eigenvalue weighted by atomic mass is 16.3. The molecule has 1 fully saturated rings. The first-order valence-electron chi connectivity index (χ1n) is 5.61. The van der Waals surface area contributed by atoms with E-state index in [1.807, 2.05) is 0 Å². The molecule has 14 heavy (non-hydrogen) atoms. The fraction of sp³-hybridized carbons (Fsp3) is 0.750. The molecule has 0 amide bonds. The Balaban J connectivity index is 2.20. The Bertz CT molecular complexity index is 276. The predicted molar refractivity (Wildman–Crippen MR) is 54.9 cm³/mol. The minimum absolute atomic E-state index is 0.299. The van der Waals surface area contributed by atoms with Gasteiger partial charge in [0.2, 0.25) is 0 Å². The van der Waals surface area contributed by atoms with E-state index < -0.39 is 0 Å². The Morgan fingerprint density at radius 1 is 1.50 bits per heavy atom. The van der Waals surface area contributed by atoms with Crippen molar-refractivity contribution in [3.8, 4) is 0 Å². The van der Waals surface area contributed by atoms with Crippen molar-refractivity contribution in [3.05, 3.63) is 11.1 Å². The average Bonchev–Trinajstić information content (AvgIpc) is 2.43. The van der Waals surface area contributed by atoms with Crippen LogP contribution in [0, 0.1) is 5.92 Å². The van der Waals surface area contributed by atoms with Crippen LogP contribution in [0.3, 0.4) is 0 Å². The van der Waals surface area contributed by atoms with E-state index in [1.54, 1.807) is 6.92 Å². The van der Waals surface area contributed by atoms with Crippen LogP contribution in [0.25, 0.3) is 0 Å². The van der Waals surface area contributed by atoms with E-state index in [9.17, 15) is 9.90 Å². The first-order valence-corrected chi connectivity index (χ1v) is 5.61. The van der Waals surface area contributed by atoms with Crippen molar-refractivity contribution in [3.63, 3.8) is 0 Å². The number of allylic oxidation sites excluding steroid dienone is 1. The summed E-state index contributed by atoms with van der Waals surface area (Å²) in [4.78, 5) is 11.7. The van der Waals surface area contributed by atoms with Gasteiger partial charge in [0.05, 0.1) is 6.10 Å². The smallest absolute Gasteiger partial charge is 0.159 e. The van der Waals surface area contributed by atoms with Gasteiger partial charge in [0, 0.05) is 12.8 Å². The van der Waals surface area contributed by atoms with Gasteiger partial charge in [-0.3, -0.25) is 4.79 Å². The number of Topliss-reactive ketones (excluding diaryl/α,β-unsaturated/α-hetero) is 1. The third kappa shape index (κ3) is 1.76. The molecule has 1 N–H and O–H groups in total. The van der Waals surface area contributed by atoms with Crippen LogP contribution in [0.2, 0.25) is 0 Å². The molecule has 0 saturated heterocycles. The summed E-state index contributed by atoms with van der Waals surface area (Å²) in [7, 11) is 0. The molecule has 2 rings (SSSR count). The van der Waals surface area contributed by atoms with Crippen molar-refractivity contribution in [1.82, 2.24) is 0 Å². The quantitative estimate of drug-likeness (QED) is 0.731. The van der Waals surface area contributed by atoms with Crippen molar-refractivity contribution in [1.29, 1.82) is 0 Å². The highest BCUT2D eigenvalue weighted by Gasteiger charge is 2.33. The summed E-state index contributed by atoms with van der Waals surface area (Å²) in [5, 5.41) is 9.33. The fourth-order valence-electron chi connectivity index (χ4n) is 2.77. The van der Waals surface area contributed by atoms with E-state index in [0.717, 1.165) is 18.4 Å². The van der Waals surface area contributed by atoms with Gasteiger partial charge in [-0.05, 0) is 37.7 Å². The number of hydrogen-bond acceptors (Lipinski definition) is 2. The number of aliphatic hydroxyl groups excluding tert-OH is 1. The Hall–Kier alpha value is -0.630. The summed E-state index contributed by atoms with van der Waals surface area (Å²) >= 11 is 0. The molecule has 0 bridgehead atoms. The lowest BCUT2D eigenvalue weighted by Crippen LogP contribution is -2.07. The minimum atomic E-state index is -0.373. The van der Waals surface area contributed by atoms with Crippen molar-refractivity contribution in [2.45, 2.75) is 51.6 Å². The first-order chi connectivity index (χ1) is 6.68. The molecule has 2 aliphatic carbocycles. The molecule has 0 radical (unpaired) electrons. The van der Waals surface area contributed by atoms with Crippen LogP contribution < -0.4 is 0 Å². The van der Waals surface area contributed by atoms with Crippen LogP contribution in [0.15, 0.2) is 11.1 Å². The van der Waals surface area contributed by atoms with Gasteiger partial charge in [-0.15, -0.1) is 0 Å². The number of hydrogen-bond donors (Lipinski definition) is 1. The third-order valence-electron chi connectivity index (χ3n) is 3.40. The Morgan fingerprint density at radius 3 is 3.00 bits per heavy atom. The molecule has 0 aromatic heterocycles. The van der Waals surface area contributed by atoms with E-state index in [1.165, 1.54) is 24.8 Å². The van der Waals surface area contributed by atoms with Gasteiger partial charge in [0.25, 0.3) is 0 Å². The molecule has 0 spiro atoms. The zero-order chi connectivity index (χ0) is 10.1. The van der Waals surface area contributed by atoms with Gasteiger partial charge >= 0.3 is 0 Å². The number of aliphatic hydroxyl groups is 1. The van der Waals surface area contributed by atoms with E-state index >= 15 is 0 Å². The second-order valence-corrected chi connectivity index (χ2v) is 4.63. The van der Waals surface area contributed by atoms with Crippen LogP contribution in [-0.4, -0.2) is 17.0 Å². The SMILES string of the molecule is CC(O)CC1=C2CCCCC2CC1=O. The molecular formula is C12H18O2. The van der Waals surface area contributed by atoms with Gasteiger partial charge in [0.1, 0.15) is 0 Å². The highest BCUT2D eigenvalue weighted by molar-refractivity contribution is 5.99. The van der Waals surface area contributed by atoms with E-state index in [0.29, 0.717) is 18.1 Å². The van der Waals surface area contributed by atoms with E-state index in [4.69, 9.17) is 0 Å². The summed E-state index contributed by atoms with van der Waals surface area (Å²) in [6.45, 7) is 1.76. The Labute approximate surface area is 85.0 Å². The largest absolute Gasteiger partial charge is 0.393 e. The normalized spacial score (nSPS) is 29.3. The van der Waals surface area contributed by atoms with Gasteiger partial charge in [-0.1, -0.05) is 12.0 Å². The molecule has 2 aliphatic rings. The lowest BCUT2D eigenvalue weighted by Gasteiger charge is -2.20. The number of rotatable bonds is 2. The number of fused-ring (bicyclic) bond motifs is 1. The minimum Gasteiger partial charge on any atom is -0.393 e. The second-order valence-electron chi connectivity index (χ2n) is 4.63. The first kappa shape index (κ1) is 9.91. The third-order valence-corrected chi connectivity index (χ3v) is 3.40. The maximum absolute atomic E-state index is 11.7. The van der Waals surface area contributed by atoms with E-state index in [2.05, 4.69) is 0 Å². The average molecular weight is 194 g/mol. The Kier molecular flexibility index (Phi) is 2.73. The van der Waals surface area contributed by atoms with Crippen LogP contribution in [0.5, 0.6) is 0 Å². The maximum Gasteiger partial charge on any atom is 0.159 e. The highest BCUT2D eigenvalue weighted by Crippen LogP contribution is 2.41. The lowest BCUT2D eigenvalue weighted by molar-refractivity contribution is -0.115. The monoisotopic (exact) mass is 194 g/mol. The van der Waals surface area contributed by atoms with Gasteiger partial charge in [0.15, 0.2) is 5.78 Å². The molecule has 2 nitrogen and oxygen atoms in total. The molecule has 78 valence electrons. The second kappa shape index (κ2) is 3.85. The van der Waals surface area contributed by atoms with Crippen LogP contribution >= 0.6 is 0 Å². The molecule has 2 atom stereocenters. The zero-order valence-corrected chi connectivity index (χ0v) is 8.75. The molecule has 0 aromatic rings. The standard InChI is InChI=1S/C12H18O2/c1-8(13)6-11-10-5-3-2-4-9(10)7-12(11)14/h8-9,13H,2-7H2,1H3. The van der Waals surface area contributed by atoms with Gasteiger partial charge in [-0.2, -0.15) is 0 Å². The topological polar surface area (TPSA) is 37.3 Å². The fourth-order valence-corrected chi connectivity index (χ4v) is 2.77. The van der Waals surface area contributed by atoms with Crippen LogP contribution in [0.1, 0.15) is 45.4 Å². The van der Waals surface area contributed by atoms with Gasteiger partial charge in [-0.25, -0.2) is 0 Å². The summed E-state index contributed by atoms with van der Waals surface area (Å²) in [5.74, 6) is 0.831. The maximum atomic E-state index is 11.7. The van der Waals surface area contributed by atoms with Gasteiger partial charge < -0.3 is 5.11 Å². The molecular weight excluding hydrogens is 176 g/mol. The van der Waals surface area contributed by atoms with Crippen LogP contribution in [-0.2, 0) is 4.79 Å². The van der Waals surface area contributed by atoms with Crippen LogP contribution in [0.4, 0.5) is 0 Å². The summed E-state index contributed by atoms with van der Waals surface area (Å²) in [6, 6.07) is 0. The van der Waals surface area contributed by atoms with Crippen molar-refractivity contribution >= 4 is 5.78 Å². The molecule has 2 unspecified atom stereocenters. The Morgan fingerprint density at radius 2 is 2.29 bits per heavy atom. The molecule has 0 heterocycles. The van der Waals surface area contributed by atoms with Crippen molar-refractivity contribution in [2.75, 3.05) is 0 Å². The molecule has 0 aromatic carbocycles. The van der Waals surface area contributed by atoms with Crippen molar-refractivity contribution in [2.24, 2.45) is 5.92 Å². The zero-order valence-electron chi connectivity index (χ0n) is 8.75. The molecule has 1 saturated carbocycles. The van der Waals surface area contributed by atoms with Crippen molar-refractivity contribution < 1.29 is 9.90 Å². The predicted octanol–water partition coefficient (Wildman–Crippen LogP) is 2.22. The summed E-state index contributed by atoms with van der Waals surface area (Å²) in [5.41, 5.74) is 2.34.